The van der Waals surface area contributed by atoms with E-state index in [-0.39, 0.29) is 37.5 Å². The van der Waals surface area contributed by atoms with Crippen LogP contribution in [0.2, 0.25) is 0 Å². The molecule has 0 saturated carbocycles. The molecule has 0 spiro atoms. The molecule has 6 heteroatoms. The van der Waals surface area contributed by atoms with Crippen molar-refractivity contribution in [1.82, 2.24) is 0 Å². The number of hydrogen-bond donors (Lipinski definition) is 0. The first-order valence-corrected chi connectivity index (χ1v) is 27.4. The zero-order chi connectivity index (χ0) is 47.2. The number of ether oxygens (including phenoxy) is 3. The molecule has 1 atom stereocenters. The molecule has 0 bridgehead atoms. The van der Waals surface area contributed by atoms with Crippen LogP contribution in [-0.2, 0) is 28.6 Å². The molecular formula is C59H102O6. The van der Waals surface area contributed by atoms with Gasteiger partial charge in [0.25, 0.3) is 0 Å². The lowest BCUT2D eigenvalue weighted by atomic mass is 10.0. The highest BCUT2D eigenvalue weighted by Crippen LogP contribution is 2.15. The van der Waals surface area contributed by atoms with Gasteiger partial charge in [-0.05, 0) is 83.5 Å². The fourth-order valence-electron chi connectivity index (χ4n) is 7.54. The number of hydrogen-bond acceptors (Lipinski definition) is 6. The molecule has 0 aliphatic rings. The van der Waals surface area contributed by atoms with Crippen LogP contribution in [0.5, 0.6) is 0 Å². The minimum atomic E-state index is -0.807. The van der Waals surface area contributed by atoms with Crippen molar-refractivity contribution in [2.45, 2.75) is 271 Å². The van der Waals surface area contributed by atoms with Crippen LogP contribution in [-0.4, -0.2) is 37.2 Å². The second-order valence-corrected chi connectivity index (χ2v) is 18.1. The monoisotopic (exact) mass is 907 g/mol. The van der Waals surface area contributed by atoms with Crippen molar-refractivity contribution >= 4 is 17.9 Å². The average molecular weight is 907 g/mol. The summed E-state index contributed by atoms with van der Waals surface area (Å²) in [5.41, 5.74) is 0. The first kappa shape index (κ1) is 61.9. The molecule has 0 rings (SSSR count). The largest absolute Gasteiger partial charge is 0.462 e. The van der Waals surface area contributed by atoms with Gasteiger partial charge in [-0.25, -0.2) is 0 Å². The van der Waals surface area contributed by atoms with Gasteiger partial charge in [-0.15, -0.1) is 0 Å². The van der Waals surface area contributed by atoms with Crippen LogP contribution in [0.25, 0.3) is 0 Å². The molecule has 0 heterocycles. The lowest BCUT2D eigenvalue weighted by molar-refractivity contribution is -0.166. The van der Waals surface area contributed by atoms with Crippen molar-refractivity contribution in [3.63, 3.8) is 0 Å². The van der Waals surface area contributed by atoms with Crippen LogP contribution in [0, 0.1) is 0 Å². The standard InChI is InChI=1S/C59H102O6/c1-4-7-10-13-16-19-22-25-27-28-29-30-32-35-37-40-43-46-49-52-58(61)64-55-56(65-59(62)53-50-47-44-41-38-33-24-21-18-15-12-9-6-3)54-63-57(60)51-48-45-42-39-36-34-31-26-23-20-17-14-11-8-5-2/h16,19,21,24-25,27,29-30,35,37,43,46,56H,4-15,17-18,20,22-23,26,28,31-34,36,38-42,44-45,47-55H2,1-3H3/b19-16-,24-21-,27-25-,30-29-,37-35-,46-43-/t56-/m0/s1. The summed E-state index contributed by atoms with van der Waals surface area (Å²) >= 11 is 0. The van der Waals surface area contributed by atoms with E-state index in [0.29, 0.717) is 19.3 Å². The molecular weight excluding hydrogens is 805 g/mol. The molecule has 0 aliphatic heterocycles. The Kier molecular flexibility index (Phi) is 50.9. The van der Waals surface area contributed by atoms with Crippen LogP contribution in [0.3, 0.4) is 0 Å². The molecule has 0 fully saturated rings. The smallest absolute Gasteiger partial charge is 0.306 e. The fraction of sp³-hybridized carbons (Fsp3) is 0.746. The van der Waals surface area contributed by atoms with Gasteiger partial charge in [0.15, 0.2) is 6.10 Å². The maximum absolute atomic E-state index is 12.8. The number of allylic oxidation sites excluding steroid dienone is 12. The van der Waals surface area contributed by atoms with Gasteiger partial charge in [-0.2, -0.15) is 0 Å². The second kappa shape index (κ2) is 53.5. The summed E-state index contributed by atoms with van der Waals surface area (Å²) in [6.45, 7) is 6.54. The third kappa shape index (κ3) is 51.7. The Morgan fingerprint density at radius 1 is 0.308 bits per heavy atom. The summed E-state index contributed by atoms with van der Waals surface area (Å²) in [4.78, 5) is 38.0. The maximum atomic E-state index is 12.8. The summed E-state index contributed by atoms with van der Waals surface area (Å²) in [7, 11) is 0. The Morgan fingerprint density at radius 2 is 0.585 bits per heavy atom. The molecule has 0 N–H and O–H groups in total. The van der Waals surface area contributed by atoms with Gasteiger partial charge in [0.1, 0.15) is 13.2 Å². The first-order chi connectivity index (χ1) is 32.0. The lowest BCUT2D eigenvalue weighted by Crippen LogP contribution is -2.30. The summed E-state index contributed by atoms with van der Waals surface area (Å²) in [6, 6.07) is 0. The van der Waals surface area contributed by atoms with E-state index in [4.69, 9.17) is 14.2 Å². The topological polar surface area (TPSA) is 78.9 Å². The van der Waals surface area contributed by atoms with E-state index in [1.165, 1.54) is 141 Å². The molecule has 0 saturated heterocycles. The molecule has 0 radical (unpaired) electrons. The third-order valence-corrected chi connectivity index (χ3v) is 11.7. The van der Waals surface area contributed by atoms with Crippen molar-refractivity contribution in [1.29, 1.82) is 0 Å². The highest BCUT2D eigenvalue weighted by Gasteiger charge is 2.19. The van der Waals surface area contributed by atoms with Crippen LogP contribution < -0.4 is 0 Å². The Morgan fingerprint density at radius 3 is 1.02 bits per heavy atom. The van der Waals surface area contributed by atoms with E-state index in [1.54, 1.807) is 0 Å². The van der Waals surface area contributed by atoms with Crippen LogP contribution in [0.1, 0.15) is 265 Å². The summed E-state index contributed by atoms with van der Waals surface area (Å²) in [5, 5.41) is 0. The molecule has 0 amide bonds. The quantitative estimate of drug-likeness (QED) is 0.0262. The van der Waals surface area contributed by atoms with Gasteiger partial charge in [0.05, 0.1) is 0 Å². The van der Waals surface area contributed by atoms with Crippen molar-refractivity contribution in [3.05, 3.63) is 72.9 Å². The molecule has 6 nitrogen and oxygen atoms in total. The summed E-state index contributed by atoms with van der Waals surface area (Å²) < 4.78 is 16.8. The van der Waals surface area contributed by atoms with Crippen molar-refractivity contribution in [3.8, 4) is 0 Å². The number of carbonyl (C=O) groups is 3. The SMILES string of the molecule is CCCCC/C=C\C/C=C\C/C=C\C/C=C\C/C=C\CCC(=O)OC[C@H](COC(=O)CCCCCCCCCCCCCCCCC)OC(=O)CCCCCCC/C=C\CCCCCC. The molecule has 0 aromatic carbocycles. The first-order valence-electron chi connectivity index (χ1n) is 27.4. The molecule has 0 unspecified atom stereocenters. The predicted molar refractivity (Wildman–Crippen MR) is 279 cm³/mol. The van der Waals surface area contributed by atoms with E-state index in [2.05, 4.69) is 87.6 Å². The summed E-state index contributed by atoms with van der Waals surface area (Å²) in [5.74, 6) is -0.989. The summed E-state index contributed by atoms with van der Waals surface area (Å²) in [6.07, 6.45) is 67.5. The van der Waals surface area contributed by atoms with Crippen molar-refractivity contribution < 1.29 is 28.6 Å². The minimum Gasteiger partial charge on any atom is -0.462 e. The second-order valence-electron chi connectivity index (χ2n) is 18.1. The van der Waals surface area contributed by atoms with Gasteiger partial charge < -0.3 is 14.2 Å². The van der Waals surface area contributed by atoms with Gasteiger partial charge >= 0.3 is 17.9 Å². The molecule has 374 valence electrons. The van der Waals surface area contributed by atoms with Gasteiger partial charge in [-0.3, -0.25) is 14.4 Å². The van der Waals surface area contributed by atoms with E-state index < -0.39 is 6.10 Å². The Hall–Kier alpha value is -3.15. The van der Waals surface area contributed by atoms with Crippen LogP contribution in [0.15, 0.2) is 72.9 Å². The third-order valence-electron chi connectivity index (χ3n) is 11.7. The van der Waals surface area contributed by atoms with E-state index in [0.717, 1.165) is 77.0 Å². The zero-order valence-electron chi connectivity index (χ0n) is 42.7. The number of rotatable bonds is 49. The van der Waals surface area contributed by atoms with Gasteiger partial charge in [0, 0.05) is 19.3 Å². The Labute approximate surface area is 402 Å². The van der Waals surface area contributed by atoms with Crippen LogP contribution >= 0.6 is 0 Å². The maximum Gasteiger partial charge on any atom is 0.306 e. The lowest BCUT2D eigenvalue weighted by Gasteiger charge is -2.18. The van der Waals surface area contributed by atoms with Crippen molar-refractivity contribution in [2.75, 3.05) is 13.2 Å². The number of carbonyl (C=O) groups excluding carboxylic acids is 3. The normalized spacial score (nSPS) is 12.6. The molecule has 65 heavy (non-hydrogen) atoms. The minimum absolute atomic E-state index is 0.0995. The Bertz CT molecular complexity index is 1230. The zero-order valence-corrected chi connectivity index (χ0v) is 42.7. The fourth-order valence-corrected chi connectivity index (χ4v) is 7.54. The van der Waals surface area contributed by atoms with E-state index in [9.17, 15) is 14.4 Å². The predicted octanol–water partition coefficient (Wildman–Crippen LogP) is 18.2. The number of esters is 3. The molecule has 0 aromatic heterocycles. The average Bonchev–Trinajstić information content (AvgIpc) is 3.30. The van der Waals surface area contributed by atoms with Crippen molar-refractivity contribution in [2.24, 2.45) is 0 Å². The van der Waals surface area contributed by atoms with E-state index >= 15 is 0 Å². The Balaban J connectivity index is 4.47. The van der Waals surface area contributed by atoms with Crippen LogP contribution in [0.4, 0.5) is 0 Å². The van der Waals surface area contributed by atoms with Gasteiger partial charge in [0.2, 0.25) is 0 Å². The number of unbranched alkanes of at least 4 members (excludes halogenated alkanes) is 26. The molecule has 0 aromatic rings. The molecule has 0 aliphatic carbocycles. The van der Waals surface area contributed by atoms with E-state index in [1.807, 2.05) is 6.08 Å². The highest BCUT2D eigenvalue weighted by atomic mass is 16.6. The highest BCUT2D eigenvalue weighted by molar-refractivity contribution is 5.71. The van der Waals surface area contributed by atoms with Gasteiger partial charge in [-0.1, -0.05) is 235 Å².